The summed E-state index contributed by atoms with van der Waals surface area (Å²) in [7, 11) is 0. The molecule has 1 aromatic heterocycles. The molecule has 0 saturated carbocycles. The molecule has 0 saturated heterocycles. The summed E-state index contributed by atoms with van der Waals surface area (Å²) in [6, 6.07) is 1.75. The highest BCUT2D eigenvalue weighted by molar-refractivity contribution is 14.1. The lowest BCUT2D eigenvalue weighted by Gasteiger charge is -2.30. The van der Waals surface area contributed by atoms with E-state index in [9.17, 15) is 9.59 Å². The summed E-state index contributed by atoms with van der Waals surface area (Å²) >= 11 is 2.09. The van der Waals surface area contributed by atoms with E-state index in [0.29, 0.717) is 24.3 Å². The molecule has 1 aliphatic rings. The van der Waals surface area contributed by atoms with Crippen molar-refractivity contribution in [3.8, 4) is 0 Å². The van der Waals surface area contributed by atoms with E-state index in [0.717, 1.165) is 3.57 Å². The quantitative estimate of drug-likeness (QED) is 0.655. The number of hydrogen-bond acceptors (Lipinski definition) is 4. The molecular weight excluding hydrogens is 359 g/mol. The van der Waals surface area contributed by atoms with Gasteiger partial charge in [0.05, 0.1) is 5.56 Å². The first-order chi connectivity index (χ1) is 8.78. The van der Waals surface area contributed by atoms with Gasteiger partial charge >= 0.3 is 6.09 Å². The lowest BCUT2D eigenvalue weighted by Crippen LogP contribution is -2.41. The van der Waals surface area contributed by atoms with E-state index in [4.69, 9.17) is 4.74 Å². The van der Waals surface area contributed by atoms with Crippen LogP contribution in [0.25, 0.3) is 0 Å². The van der Waals surface area contributed by atoms with E-state index in [1.165, 1.54) is 4.90 Å². The number of ether oxygens (including phenoxy) is 1. The third-order valence-corrected chi connectivity index (χ3v) is 3.16. The van der Waals surface area contributed by atoms with Crippen LogP contribution in [0, 0.1) is 3.57 Å². The highest BCUT2D eigenvalue weighted by Gasteiger charge is 2.31. The number of ketones is 1. The number of rotatable bonds is 0. The van der Waals surface area contributed by atoms with Gasteiger partial charge in [-0.3, -0.25) is 9.69 Å². The van der Waals surface area contributed by atoms with Gasteiger partial charge in [0.15, 0.2) is 5.78 Å². The van der Waals surface area contributed by atoms with Crippen LogP contribution >= 0.6 is 22.6 Å². The van der Waals surface area contributed by atoms with E-state index in [1.807, 2.05) is 20.8 Å². The molecule has 0 aliphatic carbocycles. The number of anilines is 1. The van der Waals surface area contributed by atoms with Gasteiger partial charge in [-0.15, -0.1) is 0 Å². The van der Waals surface area contributed by atoms with E-state index in [-0.39, 0.29) is 5.78 Å². The SMILES string of the molecule is CC(C)(C)OC(=O)N1CCC(=O)c2cc(I)cnc21. The predicted molar refractivity (Wildman–Crippen MR) is 79.5 cm³/mol. The Kier molecular flexibility index (Phi) is 3.80. The zero-order valence-corrected chi connectivity index (χ0v) is 13.2. The molecule has 2 rings (SSSR count). The standard InChI is InChI=1S/C13H15IN2O3/c1-13(2,3)19-12(18)16-5-4-10(17)9-6-8(14)7-15-11(9)16/h6-7H,4-5H2,1-3H3. The summed E-state index contributed by atoms with van der Waals surface area (Å²) in [4.78, 5) is 29.6. The van der Waals surface area contributed by atoms with Crippen LogP contribution in [0.4, 0.5) is 10.6 Å². The van der Waals surface area contributed by atoms with Gasteiger partial charge in [-0.1, -0.05) is 0 Å². The number of amides is 1. The van der Waals surface area contributed by atoms with Gasteiger partial charge in [-0.25, -0.2) is 9.78 Å². The number of nitrogens with zero attached hydrogens (tertiary/aromatic N) is 2. The van der Waals surface area contributed by atoms with Crippen LogP contribution < -0.4 is 4.90 Å². The first kappa shape index (κ1) is 14.2. The summed E-state index contributed by atoms with van der Waals surface area (Å²) in [5.74, 6) is 0.409. The topological polar surface area (TPSA) is 59.5 Å². The van der Waals surface area contributed by atoms with E-state index < -0.39 is 11.7 Å². The fraction of sp³-hybridized carbons (Fsp3) is 0.462. The first-order valence-corrected chi connectivity index (χ1v) is 7.05. The van der Waals surface area contributed by atoms with Crippen LogP contribution in [0.5, 0.6) is 0 Å². The molecule has 1 aliphatic heterocycles. The number of halogens is 1. The molecule has 1 aromatic rings. The minimum atomic E-state index is -0.568. The van der Waals surface area contributed by atoms with E-state index in [2.05, 4.69) is 27.6 Å². The molecule has 0 bridgehead atoms. The fourth-order valence-electron chi connectivity index (χ4n) is 1.80. The number of aromatic nitrogens is 1. The van der Waals surface area contributed by atoms with Gasteiger partial charge in [0.25, 0.3) is 0 Å². The second-order valence-corrected chi connectivity index (χ2v) is 6.58. The van der Waals surface area contributed by atoms with Gasteiger partial charge in [0, 0.05) is 22.7 Å². The molecule has 6 heteroatoms. The molecule has 1 amide bonds. The maximum atomic E-state index is 12.1. The molecule has 0 atom stereocenters. The Bertz CT molecular complexity index is 537. The average Bonchev–Trinajstić information content (AvgIpc) is 2.27. The van der Waals surface area contributed by atoms with Crippen LogP contribution in [0.15, 0.2) is 12.3 Å². The molecule has 2 heterocycles. The maximum absolute atomic E-state index is 12.1. The van der Waals surface area contributed by atoms with E-state index >= 15 is 0 Å². The van der Waals surface area contributed by atoms with Gasteiger partial charge in [0.2, 0.25) is 0 Å². The Hall–Kier alpha value is -1.18. The molecule has 0 aromatic carbocycles. The summed E-state index contributed by atoms with van der Waals surface area (Å²) in [5, 5.41) is 0. The zero-order chi connectivity index (χ0) is 14.2. The first-order valence-electron chi connectivity index (χ1n) is 5.97. The van der Waals surface area contributed by atoms with Crippen molar-refractivity contribution in [1.82, 2.24) is 4.98 Å². The van der Waals surface area contributed by atoms with Crippen molar-refractivity contribution < 1.29 is 14.3 Å². The third kappa shape index (κ3) is 3.23. The lowest BCUT2D eigenvalue weighted by molar-refractivity contribution is 0.0576. The van der Waals surface area contributed by atoms with Crippen molar-refractivity contribution in [2.45, 2.75) is 32.8 Å². The van der Waals surface area contributed by atoms with Gasteiger partial charge in [0.1, 0.15) is 11.4 Å². The summed E-state index contributed by atoms with van der Waals surface area (Å²) in [6.07, 6.45) is 1.47. The Morgan fingerprint density at radius 1 is 1.47 bits per heavy atom. The van der Waals surface area contributed by atoms with Gasteiger partial charge < -0.3 is 4.74 Å². The molecule has 0 N–H and O–H groups in total. The molecule has 0 spiro atoms. The molecule has 0 unspecified atom stereocenters. The number of hydrogen-bond donors (Lipinski definition) is 0. The molecule has 0 fully saturated rings. The fourth-order valence-corrected chi connectivity index (χ4v) is 2.25. The Morgan fingerprint density at radius 2 is 2.16 bits per heavy atom. The van der Waals surface area contributed by atoms with Crippen molar-refractivity contribution in [3.63, 3.8) is 0 Å². The van der Waals surface area contributed by atoms with Crippen LogP contribution in [-0.2, 0) is 4.74 Å². The van der Waals surface area contributed by atoms with Crippen molar-refractivity contribution in [2.75, 3.05) is 11.4 Å². The maximum Gasteiger partial charge on any atom is 0.416 e. The summed E-state index contributed by atoms with van der Waals surface area (Å²) in [6.45, 7) is 5.74. The van der Waals surface area contributed by atoms with Crippen molar-refractivity contribution in [3.05, 3.63) is 21.4 Å². The highest BCUT2D eigenvalue weighted by Crippen LogP contribution is 2.27. The number of Topliss-reactive ketones (excluding diaryl/α,β-unsaturated/α-hetero) is 1. The average molecular weight is 374 g/mol. The van der Waals surface area contributed by atoms with E-state index in [1.54, 1.807) is 12.3 Å². The monoisotopic (exact) mass is 374 g/mol. The minimum absolute atomic E-state index is 0.0147. The second kappa shape index (κ2) is 5.07. The molecule has 102 valence electrons. The second-order valence-electron chi connectivity index (χ2n) is 5.33. The number of carbonyl (C=O) groups is 2. The van der Waals surface area contributed by atoms with Crippen LogP contribution in [-0.4, -0.2) is 29.0 Å². The Morgan fingerprint density at radius 3 is 2.79 bits per heavy atom. The largest absolute Gasteiger partial charge is 0.443 e. The minimum Gasteiger partial charge on any atom is -0.443 e. The molecule has 19 heavy (non-hydrogen) atoms. The zero-order valence-electron chi connectivity index (χ0n) is 11.1. The third-order valence-electron chi connectivity index (χ3n) is 2.57. The Labute approximate surface area is 125 Å². The van der Waals surface area contributed by atoms with Crippen LogP contribution in [0.3, 0.4) is 0 Å². The number of fused-ring (bicyclic) bond motifs is 1. The summed E-state index contributed by atoms with van der Waals surface area (Å²) < 4.78 is 6.20. The van der Waals surface area contributed by atoms with Crippen molar-refractivity contribution >= 4 is 40.3 Å². The number of pyridine rings is 1. The van der Waals surface area contributed by atoms with Crippen LogP contribution in [0.1, 0.15) is 37.6 Å². The van der Waals surface area contributed by atoms with Crippen LogP contribution in [0.2, 0.25) is 0 Å². The summed E-state index contributed by atoms with van der Waals surface area (Å²) in [5.41, 5.74) is -0.0777. The van der Waals surface area contributed by atoms with Gasteiger partial charge in [-0.05, 0) is 49.4 Å². The lowest BCUT2D eigenvalue weighted by atomic mass is 10.0. The van der Waals surface area contributed by atoms with Crippen molar-refractivity contribution in [1.29, 1.82) is 0 Å². The Balaban J connectivity index is 2.33. The normalized spacial score (nSPS) is 15.2. The van der Waals surface area contributed by atoms with Crippen molar-refractivity contribution in [2.24, 2.45) is 0 Å². The molecule has 5 nitrogen and oxygen atoms in total. The molecular formula is C13H15IN2O3. The number of carbonyl (C=O) groups excluding carboxylic acids is 2. The van der Waals surface area contributed by atoms with Gasteiger partial charge in [-0.2, -0.15) is 0 Å². The molecule has 0 radical (unpaired) electrons. The highest BCUT2D eigenvalue weighted by atomic mass is 127. The smallest absolute Gasteiger partial charge is 0.416 e. The predicted octanol–water partition coefficient (Wildman–Crippen LogP) is 3.01.